The predicted octanol–water partition coefficient (Wildman–Crippen LogP) is 3.05. The number of ether oxygens (including phenoxy) is 1. The molecular weight excluding hydrogens is 311 g/mol. The zero-order chi connectivity index (χ0) is 17.1. The number of carbonyl (C=O) groups excluding carboxylic acids is 1. The van der Waals surface area contributed by atoms with E-state index in [1.54, 1.807) is 18.3 Å². The largest absolute Gasteiger partial charge is 0.441 e. The number of carbonyl (C=O) groups is 1. The highest BCUT2D eigenvalue weighted by molar-refractivity contribution is 5.76. The number of aryl methyl sites for hydroxylation is 1. The van der Waals surface area contributed by atoms with E-state index in [0.717, 1.165) is 5.56 Å². The molecule has 1 aliphatic heterocycles. The van der Waals surface area contributed by atoms with Gasteiger partial charge in [-0.15, -0.1) is 0 Å². The Morgan fingerprint density at radius 1 is 1.25 bits per heavy atom. The van der Waals surface area contributed by atoms with E-state index in [4.69, 9.17) is 9.15 Å². The first-order valence-electron chi connectivity index (χ1n) is 8.15. The highest BCUT2D eigenvalue weighted by atomic mass is 19.1. The first-order valence-corrected chi connectivity index (χ1v) is 8.15. The quantitative estimate of drug-likeness (QED) is 0.863. The Hall–Kier alpha value is -2.21. The number of halogens is 1. The topological polar surface area (TPSA) is 55.6 Å². The smallest absolute Gasteiger partial charge is 0.223 e. The molecule has 0 aliphatic carbocycles. The molecule has 0 N–H and O–H groups in total. The fourth-order valence-electron chi connectivity index (χ4n) is 2.93. The Labute approximate surface area is 140 Å². The van der Waals surface area contributed by atoms with Crippen LogP contribution in [0.4, 0.5) is 4.39 Å². The maximum atomic E-state index is 13.0. The maximum absolute atomic E-state index is 13.0. The second-order valence-corrected chi connectivity index (χ2v) is 6.18. The molecule has 2 atom stereocenters. The Bertz CT molecular complexity index is 689. The number of oxazole rings is 1. The number of amides is 1. The van der Waals surface area contributed by atoms with Gasteiger partial charge >= 0.3 is 0 Å². The summed E-state index contributed by atoms with van der Waals surface area (Å²) in [5.74, 6) is 0.875. The summed E-state index contributed by atoms with van der Waals surface area (Å²) in [6.07, 6.45) is 2.52. The van der Waals surface area contributed by atoms with Crippen molar-refractivity contribution < 1.29 is 18.3 Å². The van der Waals surface area contributed by atoms with Gasteiger partial charge in [-0.25, -0.2) is 9.37 Å². The number of hydrogen-bond acceptors (Lipinski definition) is 4. The van der Waals surface area contributed by atoms with Crippen molar-refractivity contribution in [1.29, 1.82) is 0 Å². The fourth-order valence-corrected chi connectivity index (χ4v) is 2.93. The molecule has 128 valence electrons. The van der Waals surface area contributed by atoms with E-state index in [9.17, 15) is 9.18 Å². The van der Waals surface area contributed by atoms with Gasteiger partial charge in [0.15, 0.2) is 11.7 Å². The van der Waals surface area contributed by atoms with Crippen LogP contribution in [0.2, 0.25) is 0 Å². The summed E-state index contributed by atoms with van der Waals surface area (Å²) in [5, 5.41) is 0. The number of morpholine rings is 1. The fraction of sp³-hybridized carbons (Fsp3) is 0.444. The maximum Gasteiger partial charge on any atom is 0.223 e. The van der Waals surface area contributed by atoms with Gasteiger partial charge < -0.3 is 14.1 Å². The van der Waals surface area contributed by atoms with Gasteiger partial charge in [0.25, 0.3) is 0 Å². The second-order valence-electron chi connectivity index (χ2n) is 6.18. The van der Waals surface area contributed by atoms with E-state index in [1.807, 2.05) is 18.7 Å². The Kier molecular flexibility index (Phi) is 4.94. The summed E-state index contributed by atoms with van der Waals surface area (Å²) < 4.78 is 24.3. The van der Waals surface area contributed by atoms with Gasteiger partial charge in [-0.3, -0.25) is 4.79 Å². The van der Waals surface area contributed by atoms with Crippen LogP contribution in [-0.2, 0) is 16.0 Å². The molecule has 3 rings (SSSR count). The molecule has 1 amide bonds. The molecule has 1 aliphatic rings. The number of benzene rings is 1. The van der Waals surface area contributed by atoms with Crippen LogP contribution in [0.5, 0.6) is 0 Å². The van der Waals surface area contributed by atoms with Crippen molar-refractivity contribution in [2.24, 2.45) is 0 Å². The van der Waals surface area contributed by atoms with Gasteiger partial charge in [-0.2, -0.15) is 0 Å². The van der Waals surface area contributed by atoms with E-state index < -0.39 is 0 Å². The van der Waals surface area contributed by atoms with Crippen molar-refractivity contribution >= 4 is 5.91 Å². The lowest BCUT2D eigenvalue weighted by Gasteiger charge is -2.35. The highest BCUT2D eigenvalue weighted by Crippen LogP contribution is 2.21. The lowest BCUT2D eigenvalue weighted by atomic mass is 10.2. The van der Waals surface area contributed by atoms with Gasteiger partial charge in [0.1, 0.15) is 5.82 Å². The van der Waals surface area contributed by atoms with Crippen molar-refractivity contribution in [3.63, 3.8) is 0 Å². The van der Waals surface area contributed by atoms with Crippen LogP contribution in [0.25, 0.3) is 11.3 Å². The highest BCUT2D eigenvalue weighted by Gasteiger charge is 2.25. The van der Waals surface area contributed by atoms with Crippen molar-refractivity contribution in [3.05, 3.63) is 42.2 Å². The number of rotatable bonds is 4. The van der Waals surface area contributed by atoms with Crippen molar-refractivity contribution in [2.75, 3.05) is 13.1 Å². The number of hydrogen-bond donors (Lipinski definition) is 0. The number of aromatic nitrogens is 1. The van der Waals surface area contributed by atoms with Crippen molar-refractivity contribution in [3.8, 4) is 11.3 Å². The Morgan fingerprint density at radius 2 is 1.92 bits per heavy atom. The third kappa shape index (κ3) is 4.00. The SMILES string of the molecule is CC1CN(C(=O)CCc2ncc(-c3ccc(F)cc3)o2)CC(C)O1. The molecule has 2 heterocycles. The molecule has 0 bridgehead atoms. The number of nitrogens with zero attached hydrogens (tertiary/aromatic N) is 2. The zero-order valence-corrected chi connectivity index (χ0v) is 13.9. The molecule has 2 unspecified atom stereocenters. The average Bonchev–Trinajstić information content (AvgIpc) is 3.01. The molecule has 1 saturated heterocycles. The summed E-state index contributed by atoms with van der Waals surface area (Å²) in [7, 11) is 0. The third-order valence-electron chi connectivity index (χ3n) is 4.01. The minimum absolute atomic E-state index is 0.0597. The van der Waals surface area contributed by atoms with E-state index in [-0.39, 0.29) is 23.9 Å². The normalized spacial score (nSPS) is 21.0. The second kappa shape index (κ2) is 7.13. The molecular formula is C18H21FN2O3. The van der Waals surface area contributed by atoms with Gasteiger partial charge in [0.2, 0.25) is 5.91 Å². The predicted molar refractivity (Wildman–Crippen MR) is 86.8 cm³/mol. The van der Waals surface area contributed by atoms with Crippen LogP contribution >= 0.6 is 0 Å². The molecule has 6 heteroatoms. The third-order valence-corrected chi connectivity index (χ3v) is 4.01. The van der Waals surface area contributed by atoms with E-state index in [0.29, 0.717) is 37.6 Å². The van der Waals surface area contributed by atoms with E-state index in [2.05, 4.69) is 4.98 Å². The van der Waals surface area contributed by atoms with Crippen molar-refractivity contribution in [1.82, 2.24) is 9.88 Å². The minimum Gasteiger partial charge on any atom is -0.441 e. The molecule has 1 aromatic carbocycles. The first-order chi connectivity index (χ1) is 11.5. The van der Waals surface area contributed by atoms with Gasteiger partial charge in [0.05, 0.1) is 18.4 Å². The molecule has 1 fully saturated rings. The molecule has 5 nitrogen and oxygen atoms in total. The molecule has 1 aromatic heterocycles. The van der Waals surface area contributed by atoms with E-state index >= 15 is 0 Å². The average molecular weight is 332 g/mol. The van der Waals surface area contributed by atoms with Crippen LogP contribution < -0.4 is 0 Å². The molecule has 0 radical (unpaired) electrons. The summed E-state index contributed by atoms with van der Waals surface area (Å²) >= 11 is 0. The summed E-state index contributed by atoms with van der Waals surface area (Å²) in [6, 6.07) is 6.03. The van der Waals surface area contributed by atoms with Gasteiger partial charge in [-0.1, -0.05) is 0 Å². The van der Waals surface area contributed by atoms with Crippen LogP contribution in [-0.4, -0.2) is 41.1 Å². The molecule has 2 aromatic rings. The van der Waals surface area contributed by atoms with Gasteiger partial charge in [-0.05, 0) is 38.1 Å². The molecule has 24 heavy (non-hydrogen) atoms. The standard InChI is InChI=1S/C18H21FN2O3/c1-12-10-21(11-13(2)23-12)18(22)8-7-17-20-9-16(24-17)14-3-5-15(19)6-4-14/h3-6,9,12-13H,7-8,10-11H2,1-2H3. The Morgan fingerprint density at radius 3 is 2.58 bits per heavy atom. The first kappa shape index (κ1) is 16.6. The minimum atomic E-state index is -0.293. The van der Waals surface area contributed by atoms with Crippen LogP contribution in [0.15, 0.2) is 34.9 Å². The summed E-state index contributed by atoms with van der Waals surface area (Å²) in [5.41, 5.74) is 0.761. The van der Waals surface area contributed by atoms with Crippen molar-refractivity contribution in [2.45, 2.75) is 38.9 Å². The van der Waals surface area contributed by atoms with E-state index in [1.165, 1.54) is 12.1 Å². The monoisotopic (exact) mass is 332 g/mol. The lowest BCUT2D eigenvalue weighted by Crippen LogP contribution is -2.48. The van der Waals surface area contributed by atoms with Gasteiger partial charge in [0, 0.05) is 31.5 Å². The summed E-state index contributed by atoms with van der Waals surface area (Å²) in [6.45, 7) is 5.18. The van der Waals surface area contributed by atoms with Crippen LogP contribution in [0, 0.1) is 5.82 Å². The lowest BCUT2D eigenvalue weighted by molar-refractivity contribution is -0.143. The van der Waals surface area contributed by atoms with Crippen LogP contribution in [0.3, 0.4) is 0 Å². The van der Waals surface area contributed by atoms with Crippen LogP contribution in [0.1, 0.15) is 26.2 Å². The molecule has 0 spiro atoms. The summed E-state index contributed by atoms with van der Waals surface area (Å²) in [4.78, 5) is 18.4. The zero-order valence-electron chi connectivity index (χ0n) is 13.9. The molecule has 0 saturated carbocycles. The Balaban J connectivity index is 1.57.